The molecule has 2 aromatic rings. The molecule has 2 unspecified atom stereocenters. The first-order chi connectivity index (χ1) is 13.4. The van der Waals surface area contributed by atoms with Crippen molar-refractivity contribution in [2.75, 3.05) is 19.9 Å². The molecule has 0 spiro atoms. The van der Waals surface area contributed by atoms with Gasteiger partial charge in [-0.1, -0.05) is 12.1 Å². The van der Waals surface area contributed by atoms with Crippen LogP contribution in [0.5, 0.6) is 11.5 Å². The topological polar surface area (TPSA) is 54.5 Å². The third-order valence-corrected chi connectivity index (χ3v) is 4.95. The summed E-state index contributed by atoms with van der Waals surface area (Å²) in [7, 11) is 0. The molecule has 2 atom stereocenters. The highest BCUT2D eigenvalue weighted by Gasteiger charge is 2.34. The van der Waals surface area contributed by atoms with Crippen molar-refractivity contribution >= 4 is 12.4 Å². The average molecular weight is 434 g/mol. The van der Waals surface area contributed by atoms with E-state index in [0.29, 0.717) is 30.7 Å². The van der Waals surface area contributed by atoms with Gasteiger partial charge in [0.05, 0.1) is 11.6 Å². The van der Waals surface area contributed by atoms with E-state index in [-0.39, 0.29) is 43.3 Å². The molecule has 29 heavy (non-hydrogen) atoms. The zero-order chi connectivity index (χ0) is 19.7. The number of nitrogens with one attached hydrogen (secondary N) is 3. The molecule has 2 aliphatic heterocycles. The Labute approximate surface area is 171 Å². The summed E-state index contributed by atoms with van der Waals surface area (Å²) in [5, 5.41) is 3.07. The Morgan fingerprint density at radius 1 is 1.07 bits per heavy atom. The first kappa shape index (κ1) is 21.6. The molecule has 2 heterocycles. The molecule has 0 saturated carbocycles. The second-order valence-electron chi connectivity index (χ2n) is 6.81. The zero-order valence-corrected chi connectivity index (χ0v) is 16.0. The minimum Gasteiger partial charge on any atom is -0.454 e. The summed E-state index contributed by atoms with van der Waals surface area (Å²) in [5.74, 6) is 0.581. The molecule has 0 bridgehead atoms. The first-order valence-corrected chi connectivity index (χ1v) is 8.86. The summed E-state index contributed by atoms with van der Waals surface area (Å²) >= 11 is 0. The molecule has 2 aliphatic rings. The van der Waals surface area contributed by atoms with E-state index in [0.717, 1.165) is 11.6 Å². The Bertz CT molecular complexity index is 866. The van der Waals surface area contributed by atoms with Crippen LogP contribution in [-0.4, -0.2) is 19.9 Å². The van der Waals surface area contributed by atoms with Crippen LogP contribution in [0, 0.1) is 11.7 Å². The minimum absolute atomic E-state index is 0. The van der Waals surface area contributed by atoms with Crippen LogP contribution in [0.25, 0.3) is 0 Å². The van der Waals surface area contributed by atoms with Gasteiger partial charge in [0.2, 0.25) is 6.79 Å². The second-order valence-corrected chi connectivity index (χ2v) is 6.81. The lowest BCUT2D eigenvalue weighted by Gasteiger charge is -2.20. The van der Waals surface area contributed by atoms with Crippen molar-refractivity contribution in [3.8, 4) is 11.5 Å². The lowest BCUT2D eigenvalue weighted by Crippen LogP contribution is -2.29. The number of alkyl halides is 3. The molecule has 0 aliphatic carbocycles. The smallest absolute Gasteiger partial charge is 0.416 e. The molecule has 3 N–H and O–H groups in total. The fraction of sp³-hybridized carbons (Fsp3) is 0.368. The predicted octanol–water partition coefficient (Wildman–Crippen LogP) is 3.55. The van der Waals surface area contributed by atoms with E-state index < -0.39 is 17.6 Å². The molecule has 0 aromatic heterocycles. The summed E-state index contributed by atoms with van der Waals surface area (Å²) in [6.07, 6.45) is -4.59. The van der Waals surface area contributed by atoms with Crippen LogP contribution in [0.2, 0.25) is 0 Å². The van der Waals surface area contributed by atoms with Gasteiger partial charge in [-0.2, -0.15) is 13.2 Å². The van der Waals surface area contributed by atoms with E-state index in [1.165, 1.54) is 6.07 Å². The van der Waals surface area contributed by atoms with E-state index in [4.69, 9.17) is 9.47 Å². The lowest BCUT2D eigenvalue weighted by molar-refractivity contribution is -0.138. The maximum atomic E-state index is 13.2. The van der Waals surface area contributed by atoms with Crippen LogP contribution in [0.1, 0.15) is 22.7 Å². The van der Waals surface area contributed by atoms with Gasteiger partial charge < -0.3 is 14.8 Å². The summed E-state index contributed by atoms with van der Waals surface area (Å²) in [4.78, 5) is 0. The molecule has 0 radical (unpaired) electrons. The van der Waals surface area contributed by atoms with Crippen molar-refractivity contribution in [1.29, 1.82) is 0 Å². The molecule has 0 amide bonds. The van der Waals surface area contributed by atoms with Gasteiger partial charge in [0, 0.05) is 25.6 Å². The van der Waals surface area contributed by atoms with Crippen molar-refractivity contribution in [3.05, 3.63) is 58.9 Å². The summed E-state index contributed by atoms with van der Waals surface area (Å²) < 4.78 is 63.3. The van der Waals surface area contributed by atoms with E-state index in [2.05, 4.69) is 16.2 Å². The van der Waals surface area contributed by atoms with Crippen LogP contribution in [-0.2, 0) is 12.7 Å². The number of ether oxygens (including phenoxy) is 2. The Morgan fingerprint density at radius 3 is 2.66 bits per heavy atom. The van der Waals surface area contributed by atoms with Gasteiger partial charge >= 0.3 is 6.18 Å². The molecule has 1 fully saturated rings. The quantitative estimate of drug-likeness (QED) is 0.630. The van der Waals surface area contributed by atoms with E-state index >= 15 is 0 Å². The van der Waals surface area contributed by atoms with Gasteiger partial charge in [-0.25, -0.2) is 9.82 Å². The van der Waals surface area contributed by atoms with E-state index in [9.17, 15) is 17.6 Å². The molecule has 5 nitrogen and oxygen atoms in total. The Balaban J connectivity index is 0.00000240. The highest BCUT2D eigenvalue weighted by Crippen LogP contribution is 2.36. The van der Waals surface area contributed by atoms with Crippen LogP contribution >= 0.6 is 12.4 Å². The lowest BCUT2D eigenvalue weighted by atomic mass is 9.94. The number of hydrogen-bond acceptors (Lipinski definition) is 5. The number of benzene rings is 2. The highest BCUT2D eigenvalue weighted by atomic mass is 35.5. The van der Waals surface area contributed by atoms with Crippen molar-refractivity contribution in [3.63, 3.8) is 0 Å². The second kappa shape index (κ2) is 8.74. The standard InChI is InChI=1S/C19H19F4N3O2.ClH/c20-14-3-1-12(15(6-14)19(21,22)23)7-24-8-13-9-25-26-18(13)11-2-4-16-17(5-11)28-10-27-16;/h1-6,13,18,24-26H,7-10H2;1H. The summed E-state index contributed by atoms with van der Waals surface area (Å²) in [6, 6.07) is 8.40. The van der Waals surface area contributed by atoms with Crippen LogP contribution in [0.15, 0.2) is 36.4 Å². The highest BCUT2D eigenvalue weighted by molar-refractivity contribution is 5.85. The molecule has 2 aromatic carbocycles. The maximum absolute atomic E-state index is 13.2. The number of fused-ring (bicyclic) bond motifs is 1. The molecule has 1 saturated heterocycles. The average Bonchev–Trinajstić information content (AvgIpc) is 3.30. The monoisotopic (exact) mass is 433 g/mol. The van der Waals surface area contributed by atoms with Gasteiger partial charge in [0.1, 0.15) is 5.82 Å². The fourth-order valence-electron chi connectivity index (χ4n) is 3.55. The Kier molecular flexibility index (Phi) is 6.52. The van der Waals surface area contributed by atoms with Crippen molar-refractivity contribution in [2.45, 2.75) is 18.8 Å². The van der Waals surface area contributed by atoms with Crippen molar-refractivity contribution in [1.82, 2.24) is 16.2 Å². The fourth-order valence-corrected chi connectivity index (χ4v) is 3.55. The van der Waals surface area contributed by atoms with Gasteiger partial charge in [-0.3, -0.25) is 5.43 Å². The molecular formula is C19H20ClF4N3O2. The number of rotatable bonds is 5. The van der Waals surface area contributed by atoms with Crippen molar-refractivity contribution in [2.24, 2.45) is 5.92 Å². The SMILES string of the molecule is Cl.Fc1ccc(CNCC2CNNC2c2ccc3c(c2)OCO3)c(C(F)(F)F)c1. The Morgan fingerprint density at radius 2 is 1.86 bits per heavy atom. The molecule has 4 rings (SSSR count). The predicted molar refractivity (Wildman–Crippen MR) is 100 cm³/mol. The van der Waals surface area contributed by atoms with Crippen molar-refractivity contribution < 1.29 is 27.0 Å². The third kappa shape index (κ3) is 4.75. The van der Waals surface area contributed by atoms with Gasteiger partial charge in [0.15, 0.2) is 11.5 Å². The summed E-state index contributed by atoms with van der Waals surface area (Å²) in [5.41, 5.74) is 6.35. The number of hydrazine groups is 1. The molecule has 10 heteroatoms. The van der Waals surface area contributed by atoms with Crippen LogP contribution in [0.3, 0.4) is 0 Å². The third-order valence-electron chi connectivity index (χ3n) is 4.95. The van der Waals surface area contributed by atoms with E-state index in [1.807, 2.05) is 18.2 Å². The zero-order valence-electron chi connectivity index (χ0n) is 15.2. The number of hydrogen-bond donors (Lipinski definition) is 3. The van der Waals surface area contributed by atoms with Gasteiger partial charge in [-0.15, -0.1) is 12.4 Å². The van der Waals surface area contributed by atoms with Crippen LogP contribution < -0.4 is 25.6 Å². The molecular weight excluding hydrogens is 414 g/mol. The van der Waals surface area contributed by atoms with Crippen LogP contribution in [0.4, 0.5) is 17.6 Å². The normalized spacial score (nSPS) is 20.6. The van der Waals surface area contributed by atoms with Gasteiger partial charge in [-0.05, 0) is 35.4 Å². The Hall–Kier alpha value is -2.07. The minimum atomic E-state index is -4.59. The maximum Gasteiger partial charge on any atom is 0.416 e. The number of halogens is 5. The van der Waals surface area contributed by atoms with Gasteiger partial charge in [0.25, 0.3) is 0 Å². The molecule has 158 valence electrons. The summed E-state index contributed by atoms with van der Waals surface area (Å²) in [6.45, 7) is 1.33. The largest absolute Gasteiger partial charge is 0.454 e. The van der Waals surface area contributed by atoms with E-state index in [1.54, 1.807) is 0 Å². The first-order valence-electron chi connectivity index (χ1n) is 8.86.